The first kappa shape index (κ1) is 11.1. The van der Waals surface area contributed by atoms with E-state index in [0.29, 0.717) is 4.83 Å². The standard InChI is InChI=1S/C10H13Br2NS/c1-7-4-13(6-9(7)11)5-8-2-3-14-10(8)12/h2-3,7,9H,4-6H2,1H3. The van der Waals surface area contributed by atoms with E-state index in [1.54, 1.807) is 11.3 Å². The van der Waals surface area contributed by atoms with Crippen molar-refractivity contribution in [3.8, 4) is 0 Å². The molecule has 2 atom stereocenters. The van der Waals surface area contributed by atoms with Gasteiger partial charge in [0.05, 0.1) is 3.79 Å². The van der Waals surface area contributed by atoms with Gasteiger partial charge in [0.15, 0.2) is 0 Å². The van der Waals surface area contributed by atoms with Crippen LogP contribution in [-0.4, -0.2) is 22.8 Å². The predicted molar refractivity (Wildman–Crippen MR) is 69.2 cm³/mol. The van der Waals surface area contributed by atoms with Gasteiger partial charge in [-0.2, -0.15) is 0 Å². The van der Waals surface area contributed by atoms with Crippen LogP contribution in [0.25, 0.3) is 0 Å². The quantitative estimate of drug-likeness (QED) is 0.743. The predicted octanol–water partition coefficient (Wildman–Crippen LogP) is 3.73. The van der Waals surface area contributed by atoms with Crippen molar-refractivity contribution < 1.29 is 0 Å². The Hall–Kier alpha value is 0.620. The minimum atomic E-state index is 0.667. The molecule has 0 spiro atoms. The van der Waals surface area contributed by atoms with E-state index in [1.165, 1.54) is 22.4 Å². The first-order valence-electron chi connectivity index (χ1n) is 4.75. The van der Waals surface area contributed by atoms with Crippen molar-refractivity contribution in [1.29, 1.82) is 0 Å². The number of halogens is 2. The van der Waals surface area contributed by atoms with Crippen LogP contribution in [0.15, 0.2) is 15.2 Å². The lowest BCUT2D eigenvalue weighted by molar-refractivity contribution is 0.320. The zero-order valence-electron chi connectivity index (χ0n) is 8.04. The van der Waals surface area contributed by atoms with Crippen molar-refractivity contribution in [2.45, 2.75) is 18.3 Å². The molecule has 0 radical (unpaired) electrons. The highest BCUT2D eigenvalue weighted by Gasteiger charge is 2.27. The van der Waals surface area contributed by atoms with Crippen LogP contribution in [0.2, 0.25) is 0 Å². The highest BCUT2D eigenvalue weighted by molar-refractivity contribution is 9.11. The van der Waals surface area contributed by atoms with Crippen molar-refractivity contribution in [2.24, 2.45) is 5.92 Å². The molecular weight excluding hydrogens is 326 g/mol. The Labute approximate surface area is 106 Å². The van der Waals surface area contributed by atoms with Crippen LogP contribution < -0.4 is 0 Å². The van der Waals surface area contributed by atoms with E-state index >= 15 is 0 Å². The summed E-state index contributed by atoms with van der Waals surface area (Å²) in [4.78, 5) is 3.18. The van der Waals surface area contributed by atoms with Gasteiger partial charge in [0.2, 0.25) is 0 Å². The van der Waals surface area contributed by atoms with Crippen LogP contribution in [0.1, 0.15) is 12.5 Å². The van der Waals surface area contributed by atoms with E-state index in [2.05, 4.69) is 55.1 Å². The molecule has 4 heteroatoms. The highest BCUT2D eigenvalue weighted by Crippen LogP contribution is 2.28. The Morgan fingerprint density at radius 3 is 2.86 bits per heavy atom. The van der Waals surface area contributed by atoms with E-state index < -0.39 is 0 Å². The Bertz CT molecular complexity index is 303. The van der Waals surface area contributed by atoms with Gasteiger partial charge < -0.3 is 0 Å². The number of likely N-dealkylation sites (tertiary alicyclic amines) is 1. The Morgan fingerprint density at radius 2 is 2.36 bits per heavy atom. The lowest BCUT2D eigenvalue weighted by atomic mass is 10.2. The maximum atomic E-state index is 3.72. The molecule has 2 unspecified atom stereocenters. The first-order valence-corrected chi connectivity index (χ1v) is 7.34. The summed E-state index contributed by atoms with van der Waals surface area (Å²) in [6, 6.07) is 2.21. The average Bonchev–Trinajstić information content (AvgIpc) is 2.63. The van der Waals surface area contributed by atoms with Crippen LogP contribution in [0.5, 0.6) is 0 Å². The third kappa shape index (κ3) is 2.40. The molecule has 1 aliphatic heterocycles. The minimum Gasteiger partial charge on any atom is -0.298 e. The van der Waals surface area contributed by atoms with Crippen LogP contribution >= 0.6 is 43.2 Å². The summed E-state index contributed by atoms with van der Waals surface area (Å²) < 4.78 is 1.28. The van der Waals surface area contributed by atoms with Gasteiger partial charge in [0.25, 0.3) is 0 Å². The molecule has 1 nitrogen and oxygen atoms in total. The second kappa shape index (κ2) is 4.64. The summed E-state index contributed by atoms with van der Waals surface area (Å²) in [6.45, 7) is 5.76. The van der Waals surface area contributed by atoms with E-state index in [-0.39, 0.29) is 0 Å². The van der Waals surface area contributed by atoms with Gasteiger partial charge in [0, 0.05) is 24.5 Å². The molecule has 1 aliphatic rings. The molecule has 2 rings (SSSR count). The van der Waals surface area contributed by atoms with Crippen molar-refractivity contribution >= 4 is 43.2 Å². The van der Waals surface area contributed by atoms with Gasteiger partial charge in [-0.1, -0.05) is 22.9 Å². The molecule has 0 saturated carbocycles. The first-order chi connectivity index (χ1) is 6.66. The lowest BCUT2D eigenvalue weighted by Gasteiger charge is -2.14. The number of nitrogens with zero attached hydrogens (tertiary/aromatic N) is 1. The lowest BCUT2D eigenvalue weighted by Crippen LogP contribution is -2.20. The van der Waals surface area contributed by atoms with E-state index in [0.717, 1.165) is 12.5 Å². The maximum Gasteiger partial charge on any atom is 0.0743 e. The van der Waals surface area contributed by atoms with Crippen LogP contribution in [0.4, 0.5) is 0 Å². The summed E-state index contributed by atoms with van der Waals surface area (Å²) >= 11 is 9.07. The molecule has 2 heterocycles. The average molecular weight is 339 g/mol. The second-order valence-electron chi connectivity index (χ2n) is 3.91. The van der Waals surface area contributed by atoms with Gasteiger partial charge in [-0.25, -0.2) is 0 Å². The second-order valence-corrected chi connectivity index (χ2v) is 7.32. The van der Waals surface area contributed by atoms with Crippen molar-refractivity contribution in [3.05, 3.63) is 20.8 Å². The Balaban J connectivity index is 1.97. The van der Waals surface area contributed by atoms with Gasteiger partial charge >= 0.3 is 0 Å². The summed E-state index contributed by atoms with van der Waals surface area (Å²) in [7, 11) is 0. The van der Waals surface area contributed by atoms with Crippen molar-refractivity contribution in [3.63, 3.8) is 0 Å². The van der Waals surface area contributed by atoms with Crippen LogP contribution in [-0.2, 0) is 6.54 Å². The third-order valence-electron chi connectivity index (χ3n) is 2.68. The number of rotatable bonds is 2. The number of hydrogen-bond acceptors (Lipinski definition) is 2. The molecule has 0 amide bonds. The largest absolute Gasteiger partial charge is 0.298 e. The van der Waals surface area contributed by atoms with Gasteiger partial charge in [-0.05, 0) is 38.9 Å². The van der Waals surface area contributed by atoms with E-state index in [9.17, 15) is 0 Å². The molecule has 1 aromatic rings. The van der Waals surface area contributed by atoms with E-state index in [4.69, 9.17) is 0 Å². The fourth-order valence-electron chi connectivity index (χ4n) is 1.82. The van der Waals surface area contributed by atoms with Crippen LogP contribution in [0, 0.1) is 5.92 Å². The van der Waals surface area contributed by atoms with Crippen molar-refractivity contribution in [2.75, 3.05) is 13.1 Å². The normalized spacial score (nSPS) is 28.5. The summed E-state index contributed by atoms with van der Waals surface area (Å²) in [6.07, 6.45) is 0. The zero-order chi connectivity index (χ0) is 10.1. The number of hydrogen-bond donors (Lipinski definition) is 0. The van der Waals surface area contributed by atoms with Crippen LogP contribution in [0.3, 0.4) is 0 Å². The van der Waals surface area contributed by atoms with Crippen molar-refractivity contribution in [1.82, 2.24) is 4.90 Å². The number of alkyl halides is 1. The van der Waals surface area contributed by atoms with Gasteiger partial charge in [-0.15, -0.1) is 11.3 Å². The molecule has 1 fully saturated rings. The van der Waals surface area contributed by atoms with Gasteiger partial charge in [-0.3, -0.25) is 4.90 Å². The summed E-state index contributed by atoms with van der Waals surface area (Å²) in [5.41, 5.74) is 1.42. The Morgan fingerprint density at radius 1 is 1.57 bits per heavy atom. The molecule has 14 heavy (non-hydrogen) atoms. The van der Waals surface area contributed by atoms with E-state index in [1.807, 2.05) is 0 Å². The molecule has 78 valence electrons. The zero-order valence-corrected chi connectivity index (χ0v) is 12.0. The maximum absolute atomic E-state index is 3.72. The SMILES string of the molecule is CC1CN(Cc2ccsc2Br)CC1Br. The van der Waals surface area contributed by atoms with Gasteiger partial charge in [0.1, 0.15) is 0 Å². The highest BCUT2D eigenvalue weighted by atomic mass is 79.9. The molecule has 0 N–H and O–H groups in total. The molecule has 0 aliphatic carbocycles. The molecule has 0 bridgehead atoms. The monoisotopic (exact) mass is 337 g/mol. The molecular formula is C10H13Br2NS. The summed E-state index contributed by atoms with van der Waals surface area (Å²) in [5.74, 6) is 0.771. The topological polar surface area (TPSA) is 3.24 Å². The smallest absolute Gasteiger partial charge is 0.0743 e. The fraction of sp³-hybridized carbons (Fsp3) is 0.600. The minimum absolute atomic E-state index is 0.667. The fourth-order valence-corrected chi connectivity index (χ4v) is 3.62. The molecule has 1 aromatic heterocycles. The third-order valence-corrected chi connectivity index (χ3v) is 5.69. The Kier molecular flexibility index (Phi) is 3.68. The number of thiophene rings is 1. The molecule has 0 aromatic carbocycles. The summed E-state index contributed by atoms with van der Waals surface area (Å²) in [5, 5.41) is 2.14. The molecule has 1 saturated heterocycles.